The number of fused-ring (bicyclic) bond motifs is 1. The number of piperidine rings is 1. The number of nitrogens with zero attached hydrogens (tertiary/aromatic N) is 5. The number of benzene rings is 2. The summed E-state index contributed by atoms with van der Waals surface area (Å²) in [6, 6.07) is 15.6. The highest BCUT2D eigenvalue weighted by Crippen LogP contribution is 2.36. The second kappa shape index (κ2) is 12.7. The number of amides is 1. The number of anilines is 2. The number of likely N-dealkylation sites (tertiary alicyclic amines) is 2. The van der Waals surface area contributed by atoms with Crippen molar-refractivity contribution < 1.29 is 9.53 Å². The quantitative estimate of drug-likeness (QED) is 0.357. The summed E-state index contributed by atoms with van der Waals surface area (Å²) < 4.78 is 6.05. The number of hydrogen-bond donors (Lipinski definition) is 1. The number of carbonyl (C=O) groups is 1. The standard InChI is InChI=1S/C32H39ClN6O2/c1-23-34-20-29-30(36-26-7-5-9-28(19-26)41-27-8-4-6-25(33)18-27)12-17-39(32(29)35-23)21-24-10-15-37(16-11-24)22-31(40)38-13-2-3-14-38/h4-9,18-20,24,30,36H,2-3,10-17,21-22H2,1H3. The van der Waals surface area contributed by atoms with Crippen LogP contribution in [-0.2, 0) is 4.79 Å². The van der Waals surface area contributed by atoms with Crippen molar-refractivity contribution in [1.29, 1.82) is 0 Å². The first kappa shape index (κ1) is 27.8. The van der Waals surface area contributed by atoms with Crippen LogP contribution in [0.5, 0.6) is 11.5 Å². The molecular weight excluding hydrogens is 536 g/mol. The Morgan fingerprint density at radius 2 is 1.76 bits per heavy atom. The Hall–Kier alpha value is -3.36. The minimum atomic E-state index is 0.113. The summed E-state index contributed by atoms with van der Waals surface area (Å²) in [5, 5.41) is 4.36. The maximum absolute atomic E-state index is 12.6. The van der Waals surface area contributed by atoms with Crippen LogP contribution in [0.4, 0.5) is 11.5 Å². The molecule has 1 atom stereocenters. The van der Waals surface area contributed by atoms with Gasteiger partial charge in [0.15, 0.2) is 0 Å². The van der Waals surface area contributed by atoms with E-state index in [1.807, 2.05) is 60.5 Å². The number of ether oxygens (including phenoxy) is 1. The van der Waals surface area contributed by atoms with Gasteiger partial charge in [-0.1, -0.05) is 23.7 Å². The first-order chi connectivity index (χ1) is 20.0. The largest absolute Gasteiger partial charge is 0.457 e. The van der Waals surface area contributed by atoms with Crippen molar-refractivity contribution in [2.24, 2.45) is 5.92 Å². The molecule has 1 N–H and O–H groups in total. The molecule has 8 nitrogen and oxygen atoms in total. The van der Waals surface area contributed by atoms with Crippen LogP contribution in [0.1, 0.15) is 49.5 Å². The highest BCUT2D eigenvalue weighted by Gasteiger charge is 2.31. The molecule has 0 spiro atoms. The maximum atomic E-state index is 12.6. The normalized spacial score (nSPS) is 19.7. The molecule has 3 aliphatic heterocycles. The molecule has 3 aromatic rings. The van der Waals surface area contributed by atoms with E-state index < -0.39 is 0 Å². The Morgan fingerprint density at radius 3 is 2.54 bits per heavy atom. The van der Waals surface area contributed by atoms with Gasteiger partial charge in [0, 0.05) is 54.7 Å². The summed E-state index contributed by atoms with van der Waals surface area (Å²) in [6.07, 6.45) is 7.47. The summed E-state index contributed by atoms with van der Waals surface area (Å²) >= 11 is 6.13. The zero-order valence-electron chi connectivity index (χ0n) is 23.8. The van der Waals surface area contributed by atoms with Gasteiger partial charge in [-0.05, 0) is 88.4 Å². The lowest BCUT2D eigenvalue weighted by atomic mass is 9.94. The van der Waals surface area contributed by atoms with Crippen molar-refractivity contribution in [1.82, 2.24) is 19.8 Å². The highest BCUT2D eigenvalue weighted by atomic mass is 35.5. The van der Waals surface area contributed by atoms with E-state index in [1.54, 1.807) is 0 Å². The molecule has 216 valence electrons. The van der Waals surface area contributed by atoms with Crippen molar-refractivity contribution in [3.05, 3.63) is 71.1 Å². The van der Waals surface area contributed by atoms with Gasteiger partial charge in [0.25, 0.3) is 0 Å². The van der Waals surface area contributed by atoms with Crippen LogP contribution in [0.3, 0.4) is 0 Å². The van der Waals surface area contributed by atoms with Crippen LogP contribution in [0, 0.1) is 12.8 Å². The summed E-state index contributed by atoms with van der Waals surface area (Å²) in [4.78, 5) is 28.9. The van der Waals surface area contributed by atoms with Crippen molar-refractivity contribution in [3.63, 3.8) is 0 Å². The van der Waals surface area contributed by atoms with Gasteiger partial charge >= 0.3 is 0 Å². The Kier molecular flexibility index (Phi) is 8.58. The third-order valence-electron chi connectivity index (χ3n) is 8.49. The second-order valence-electron chi connectivity index (χ2n) is 11.5. The Morgan fingerprint density at radius 1 is 1.00 bits per heavy atom. The first-order valence-electron chi connectivity index (χ1n) is 14.9. The van der Waals surface area contributed by atoms with E-state index >= 15 is 0 Å². The summed E-state index contributed by atoms with van der Waals surface area (Å²) in [5.74, 6) is 4.20. The molecule has 1 unspecified atom stereocenters. The number of rotatable bonds is 8. The van der Waals surface area contributed by atoms with E-state index in [-0.39, 0.29) is 6.04 Å². The van der Waals surface area contributed by atoms with Crippen LogP contribution < -0.4 is 15.0 Å². The molecule has 9 heteroatoms. The predicted molar refractivity (Wildman–Crippen MR) is 163 cm³/mol. The number of hydrogen-bond acceptors (Lipinski definition) is 7. The van der Waals surface area contributed by atoms with Crippen LogP contribution in [-0.4, -0.2) is 71.5 Å². The van der Waals surface area contributed by atoms with E-state index in [1.165, 1.54) is 0 Å². The van der Waals surface area contributed by atoms with Gasteiger partial charge in [-0.3, -0.25) is 9.69 Å². The van der Waals surface area contributed by atoms with Crippen LogP contribution in [0.15, 0.2) is 54.7 Å². The minimum absolute atomic E-state index is 0.113. The molecule has 0 aliphatic carbocycles. The average Bonchev–Trinajstić information content (AvgIpc) is 3.51. The van der Waals surface area contributed by atoms with Gasteiger partial charge in [0.2, 0.25) is 5.91 Å². The van der Waals surface area contributed by atoms with E-state index in [4.69, 9.17) is 21.3 Å². The molecule has 0 radical (unpaired) electrons. The van der Waals surface area contributed by atoms with Gasteiger partial charge in [0.1, 0.15) is 23.1 Å². The van der Waals surface area contributed by atoms with Gasteiger partial charge in [-0.15, -0.1) is 0 Å². The fraction of sp³-hybridized carbons (Fsp3) is 0.469. The van der Waals surface area contributed by atoms with Gasteiger partial charge in [-0.2, -0.15) is 0 Å². The zero-order valence-corrected chi connectivity index (χ0v) is 24.5. The SMILES string of the molecule is Cc1ncc2c(n1)N(CC1CCN(CC(=O)N3CCCC3)CC1)CCC2Nc1cccc(Oc2cccc(Cl)c2)c1. The predicted octanol–water partition coefficient (Wildman–Crippen LogP) is 5.93. The van der Waals surface area contributed by atoms with Gasteiger partial charge in [-0.25, -0.2) is 9.97 Å². The number of carbonyl (C=O) groups excluding carboxylic acids is 1. The Bertz CT molecular complexity index is 1360. The van der Waals surface area contributed by atoms with Gasteiger partial charge < -0.3 is 19.9 Å². The fourth-order valence-electron chi connectivity index (χ4n) is 6.25. The summed E-state index contributed by atoms with van der Waals surface area (Å²) in [7, 11) is 0. The van der Waals surface area contributed by atoms with Crippen LogP contribution in [0.25, 0.3) is 0 Å². The maximum Gasteiger partial charge on any atom is 0.236 e. The second-order valence-corrected chi connectivity index (χ2v) is 12.0. The Labute approximate surface area is 247 Å². The molecule has 2 aromatic carbocycles. The third-order valence-corrected chi connectivity index (χ3v) is 8.72. The van der Waals surface area contributed by atoms with Crippen LogP contribution in [0.2, 0.25) is 5.02 Å². The fourth-order valence-corrected chi connectivity index (χ4v) is 6.43. The van der Waals surface area contributed by atoms with Crippen molar-refractivity contribution in [2.75, 3.05) is 56.0 Å². The molecule has 2 saturated heterocycles. The smallest absolute Gasteiger partial charge is 0.236 e. The zero-order chi connectivity index (χ0) is 28.2. The lowest BCUT2D eigenvalue weighted by Crippen LogP contribution is -2.45. The lowest BCUT2D eigenvalue weighted by molar-refractivity contribution is -0.131. The summed E-state index contributed by atoms with van der Waals surface area (Å²) in [5.41, 5.74) is 2.13. The molecule has 6 rings (SSSR count). The molecule has 41 heavy (non-hydrogen) atoms. The average molecular weight is 575 g/mol. The molecular formula is C32H39ClN6O2. The molecule has 0 bridgehead atoms. The van der Waals surface area contributed by atoms with E-state index in [9.17, 15) is 4.79 Å². The molecule has 0 saturated carbocycles. The monoisotopic (exact) mass is 574 g/mol. The molecule has 1 aromatic heterocycles. The van der Waals surface area contributed by atoms with E-state index in [2.05, 4.69) is 26.2 Å². The number of aromatic nitrogens is 2. The van der Waals surface area contributed by atoms with E-state index in [0.717, 1.165) is 100 Å². The molecule has 2 fully saturated rings. The van der Waals surface area contributed by atoms with Gasteiger partial charge in [0.05, 0.1) is 12.6 Å². The Balaban J connectivity index is 1.08. The van der Waals surface area contributed by atoms with Crippen molar-refractivity contribution in [2.45, 2.75) is 45.1 Å². The molecule has 3 aliphatic rings. The van der Waals surface area contributed by atoms with Crippen LogP contribution >= 0.6 is 11.6 Å². The highest BCUT2D eigenvalue weighted by molar-refractivity contribution is 6.30. The lowest BCUT2D eigenvalue weighted by Gasteiger charge is -2.39. The van der Waals surface area contributed by atoms with E-state index in [0.29, 0.717) is 29.1 Å². The van der Waals surface area contributed by atoms with Crippen molar-refractivity contribution >= 4 is 29.0 Å². The topological polar surface area (TPSA) is 73.8 Å². The third kappa shape index (κ3) is 6.93. The number of nitrogens with one attached hydrogen (secondary N) is 1. The molecule has 1 amide bonds. The molecule has 4 heterocycles. The first-order valence-corrected chi connectivity index (χ1v) is 15.3. The number of halogens is 1. The number of aryl methyl sites for hydroxylation is 1. The summed E-state index contributed by atoms with van der Waals surface area (Å²) in [6.45, 7) is 8.32. The van der Waals surface area contributed by atoms with Crippen molar-refractivity contribution in [3.8, 4) is 11.5 Å². The minimum Gasteiger partial charge on any atom is -0.457 e.